The number of hydrogen-bond donors (Lipinski definition) is 0. The van der Waals surface area contributed by atoms with Crippen LogP contribution in [-0.2, 0) is 65.4 Å². The third-order valence-electron chi connectivity index (χ3n) is 16.6. The summed E-state index contributed by atoms with van der Waals surface area (Å²) in [6, 6.07) is 66.2. The largest absolute Gasteiger partial charge is 3.00 e. The zero-order valence-electron chi connectivity index (χ0n) is 59.1. The van der Waals surface area contributed by atoms with Gasteiger partial charge in [-0.3, -0.25) is 0 Å². The van der Waals surface area contributed by atoms with Crippen LogP contribution in [0.15, 0.2) is 146 Å². The molecule has 0 bridgehead atoms. The molecule has 0 heterocycles. The van der Waals surface area contributed by atoms with E-state index in [1.165, 1.54) is 66.8 Å². The fourth-order valence-electron chi connectivity index (χ4n) is 12.9. The molecule has 0 saturated heterocycles. The van der Waals surface area contributed by atoms with Crippen molar-refractivity contribution in [2.75, 3.05) is 0 Å². The van der Waals surface area contributed by atoms with E-state index in [0.717, 1.165) is 22.3 Å². The normalized spacial score (nSPS) is 12.7. The first-order valence-electron chi connectivity index (χ1n) is 32.9. The second kappa shape index (κ2) is 43.2. The molecule has 0 nitrogen and oxygen atoms in total. The Morgan fingerprint density at radius 2 is 0.576 bits per heavy atom. The summed E-state index contributed by atoms with van der Waals surface area (Å²) in [6.45, 7) is 54.0. The van der Waals surface area contributed by atoms with Crippen LogP contribution < -0.4 is 0 Å². The first kappa shape index (κ1) is 90.0. The van der Waals surface area contributed by atoms with Crippen molar-refractivity contribution in [1.82, 2.24) is 0 Å². The van der Waals surface area contributed by atoms with Gasteiger partial charge in [0.25, 0.3) is 0 Å². The minimum atomic E-state index is 0. The second-order valence-corrected chi connectivity index (χ2v) is 27.1. The average molecular weight is 1390 g/mol. The van der Waals surface area contributed by atoms with Gasteiger partial charge in [0.1, 0.15) is 0 Å². The quantitative estimate of drug-likeness (QED) is 0.107. The van der Waals surface area contributed by atoms with Gasteiger partial charge in [-0.25, -0.2) is 22.3 Å². The smallest absolute Gasteiger partial charge is 0.335 e. The van der Waals surface area contributed by atoms with Crippen LogP contribution in [0.3, 0.4) is 0 Å². The van der Waals surface area contributed by atoms with Crippen molar-refractivity contribution in [2.24, 2.45) is 11.8 Å². The fourth-order valence-corrected chi connectivity index (χ4v) is 12.9. The maximum atomic E-state index is 3.58. The summed E-state index contributed by atoms with van der Waals surface area (Å²) in [5.41, 5.74) is 28.4. The molecule has 2 atom stereocenters. The van der Waals surface area contributed by atoms with Crippen LogP contribution in [0.1, 0.15) is 322 Å². The molecular formula is C90H126Y2. The van der Waals surface area contributed by atoms with Crippen LogP contribution in [0.5, 0.6) is 0 Å². The maximum absolute atomic E-state index is 3.58. The van der Waals surface area contributed by atoms with Crippen LogP contribution in [0.2, 0.25) is 0 Å². The number of rotatable bonds is 12. The van der Waals surface area contributed by atoms with Crippen LogP contribution in [0.25, 0.3) is 44.5 Å². The Hall–Kier alpha value is -4.03. The Bertz CT molecular complexity index is 3100. The van der Waals surface area contributed by atoms with Crippen LogP contribution in [0.4, 0.5) is 0 Å². The van der Waals surface area contributed by atoms with E-state index in [4.69, 9.17) is 0 Å². The van der Waals surface area contributed by atoms with Gasteiger partial charge in [-0.2, -0.15) is 113 Å². The summed E-state index contributed by atoms with van der Waals surface area (Å²) < 4.78 is 0. The van der Waals surface area contributed by atoms with E-state index in [1.54, 1.807) is 22.3 Å². The Kier molecular flexibility index (Phi) is 42.3. The molecule has 492 valence electrons. The van der Waals surface area contributed by atoms with Gasteiger partial charge < -0.3 is 12.8 Å². The summed E-state index contributed by atoms with van der Waals surface area (Å²) >= 11 is 0. The Labute approximate surface area is 620 Å². The van der Waals surface area contributed by atoms with E-state index in [1.807, 2.05) is 76.9 Å². The predicted molar refractivity (Wildman–Crippen MR) is 407 cm³/mol. The first-order valence-corrected chi connectivity index (χ1v) is 32.9. The number of hydrogen-bond acceptors (Lipinski definition) is 0. The van der Waals surface area contributed by atoms with Gasteiger partial charge in [-0.15, -0.1) is 34.4 Å². The predicted octanol–water partition coefficient (Wildman–Crippen LogP) is 28.8. The summed E-state index contributed by atoms with van der Waals surface area (Å²) in [5, 5.41) is 0. The molecule has 8 aromatic carbocycles. The van der Waals surface area contributed by atoms with Gasteiger partial charge in [0.15, 0.2) is 0 Å². The number of fused-ring (bicyclic) bond motifs is 6. The van der Waals surface area contributed by atoms with Gasteiger partial charge >= 0.3 is 65.4 Å². The summed E-state index contributed by atoms with van der Waals surface area (Å²) in [5.74, 6) is 6.76. The zero-order valence-corrected chi connectivity index (χ0v) is 64.8. The molecule has 0 N–H and O–H groups in total. The minimum Gasteiger partial charge on any atom is -0.335 e. The zero-order chi connectivity index (χ0) is 63.7. The summed E-state index contributed by atoms with van der Waals surface area (Å²) in [4.78, 5) is 0. The Balaban J connectivity index is 0. The molecule has 10 rings (SSSR count). The van der Waals surface area contributed by atoms with Crippen molar-refractivity contribution < 1.29 is 65.4 Å². The molecule has 0 aliphatic heterocycles. The van der Waals surface area contributed by atoms with Crippen LogP contribution >= 0.6 is 0 Å². The molecule has 0 radical (unpaired) electrons. The van der Waals surface area contributed by atoms with Crippen LogP contribution in [0, 0.1) is 48.9 Å². The standard InChI is InChI=1S/2C22H28.2C18H20.2C3H7.4CH4.2Y/c2*1-13(2)16-11-12-19-17-9-7-8-10-18(17)21(15(5)6)22(19)20(16)14(3)4;2*1-13(2)17-11-10-16(12-18(17)14(3)4)15-8-6-5-7-9-15;2*1-3-2;;;;;;/h2*7-15,21H,1-6H3;2*5-8,10-11,13-14H,1-4H3;2*3H,1-2H3;4*1H4;;/q;;2*-2;2*-1;;;;;2*+3. The molecule has 2 aliphatic rings. The summed E-state index contributed by atoms with van der Waals surface area (Å²) in [7, 11) is 0. The third kappa shape index (κ3) is 22.5. The van der Waals surface area contributed by atoms with E-state index >= 15 is 0 Å². The molecular weight excluding hydrogens is 1260 g/mol. The van der Waals surface area contributed by atoms with E-state index in [2.05, 4.69) is 272 Å². The van der Waals surface area contributed by atoms with E-state index in [9.17, 15) is 0 Å². The monoisotopic (exact) mass is 1380 g/mol. The van der Waals surface area contributed by atoms with Crippen molar-refractivity contribution in [3.8, 4) is 44.5 Å². The topological polar surface area (TPSA) is 0 Å². The van der Waals surface area contributed by atoms with Crippen molar-refractivity contribution in [2.45, 2.75) is 255 Å². The third-order valence-corrected chi connectivity index (χ3v) is 16.6. The Morgan fingerprint density at radius 1 is 0.293 bits per heavy atom. The molecule has 2 heteroatoms. The first-order chi connectivity index (χ1) is 40.9. The Morgan fingerprint density at radius 3 is 0.826 bits per heavy atom. The minimum absolute atomic E-state index is 0. The van der Waals surface area contributed by atoms with Gasteiger partial charge in [-0.05, 0) is 114 Å². The van der Waals surface area contributed by atoms with E-state index in [-0.39, 0.29) is 95.1 Å². The van der Waals surface area contributed by atoms with Gasteiger partial charge in [-0.1, -0.05) is 253 Å². The molecule has 0 saturated carbocycles. The molecule has 2 unspecified atom stereocenters. The fraction of sp³-hybridized carbons (Fsp3) is 0.444. The van der Waals surface area contributed by atoms with E-state index < -0.39 is 0 Å². The second-order valence-electron chi connectivity index (χ2n) is 27.1. The summed E-state index contributed by atoms with van der Waals surface area (Å²) in [6.07, 6.45) is 4.00. The molecule has 0 aromatic heterocycles. The van der Waals surface area contributed by atoms with Gasteiger partial charge in [0, 0.05) is 11.8 Å². The average Bonchev–Trinajstić information content (AvgIpc) is 1.60. The maximum Gasteiger partial charge on any atom is 3.00 e. The van der Waals surface area contributed by atoms with Crippen LogP contribution in [-0.4, -0.2) is 0 Å². The van der Waals surface area contributed by atoms with Gasteiger partial charge in [0.05, 0.1) is 0 Å². The molecule has 8 aromatic rings. The van der Waals surface area contributed by atoms with E-state index in [0.29, 0.717) is 71.0 Å². The number of benzene rings is 8. The molecule has 0 amide bonds. The van der Waals surface area contributed by atoms with Crippen molar-refractivity contribution in [3.05, 3.63) is 249 Å². The van der Waals surface area contributed by atoms with Crippen molar-refractivity contribution in [3.63, 3.8) is 0 Å². The van der Waals surface area contributed by atoms with Crippen molar-refractivity contribution in [1.29, 1.82) is 0 Å². The molecule has 92 heavy (non-hydrogen) atoms. The van der Waals surface area contributed by atoms with Gasteiger partial charge in [0.2, 0.25) is 0 Å². The van der Waals surface area contributed by atoms with Crippen molar-refractivity contribution >= 4 is 0 Å². The SMILES string of the molecule is C.C.C.C.CC(C)c1[c-]c(-c2[c-]cccc2)ccc1C(C)C.CC(C)c1[c-]c(-c2[c-]cccc2)ccc1C(C)C.CC(C)c1ccc2c(c1C(C)C)C(C(C)C)c1ccccc1-2.CC(C)c1ccc2c(c1C(C)C)C(C(C)C)c1ccccc1-2.C[CH-]C.C[CH-]C.[Y+3].[Y+3]. The molecule has 2 aliphatic carbocycles. The molecule has 0 fully saturated rings. The molecule has 0 spiro atoms.